The third-order valence-corrected chi connectivity index (χ3v) is 5.61. The highest BCUT2D eigenvalue weighted by molar-refractivity contribution is 6.33. The van der Waals surface area contributed by atoms with E-state index < -0.39 is 0 Å². The van der Waals surface area contributed by atoms with Gasteiger partial charge in [-0.25, -0.2) is 0 Å². The summed E-state index contributed by atoms with van der Waals surface area (Å²) in [7, 11) is 0. The molecule has 4 rings (SSSR count). The van der Waals surface area contributed by atoms with Crippen LogP contribution in [0.1, 0.15) is 22.3 Å². The van der Waals surface area contributed by atoms with E-state index in [4.69, 9.17) is 21.1 Å². The Morgan fingerprint density at radius 1 is 0.941 bits per heavy atom. The van der Waals surface area contributed by atoms with Crippen molar-refractivity contribution in [2.24, 2.45) is 0 Å². The molecule has 0 aliphatic carbocycles. The Labute approximate surface area is 203 Å². The second kappa shape index (κ2) is 11.4. The van der Waals surface area contributed by atoms with E-state index in [0.717, 1.165) is 5.56 Å². The van der Waals surface area contributed by atoms with Gasteiger partial charge in [0.05, 0.1) is 10.6 Å². The molecule has 0 radical (unpaired) electrons. The predicted octanol–water partition coefficient (Wildman–Crippen LogP) is 4.98. The molecule has 0 atom stereocenters. The van der Waals surface area contributed by atoms with E-state index in [9.17, 15) is 9.59 Å². The van der Waals surface area contributed by atoms with Crippen LogP contribution in [0.15, 0.2) is 78.9 Å². The molecular weight excluding hydrogens is 452 g/mol. The van der Waals surface area contributed by atoms with Crippen LogP contribution in [0.25, 0.3) is 6.08 Å². The van der Waals surface area contributed by atoms with E-state index >= 15 is 0 Å². The Morgan fingerprint density at radius 2 is 1.68 bits per heavy atom. The van der Waals surface area contributed by atoms with Crippen LogP contribution in [0, 0.1) is 0 Å². The molecule has 3 aromatic rings. The normalized spacial score (nSPS) is 12.4. The summed E-state index contributed by atoms with van der Waals surface area (Å²) in [5, 5.41) is 3.15. The first-order valence-electron chi connectivity index (χ1n) is 11.1. The molecule has 2 amide bonds. The molecule has 0 bridgehead atoms. The summed E-state index contributed by atoms with van der Waals surface area (Å²) >= 11 is 6.09. The summed E-state index contributed by atoms with van der Waals surface area (Å²) in [5.41, 5.74) is 2.12. The molecule has 7 heteroatoms. The van der Waals surface area contributed by atoms with Crippen molar-refractivity contribution in [2.45, 2.75) is 6.42 Å². The average Bonchev–Trinajstić information content (AvgIpc) is 2.87. The van der Waals surface area contributed by atoms with Gasteiger partial charge in [-0.2, -0.15) is 0 Å². The number of carbonyl (C=O) groups excluding carboxylic acids is 2. The molecule has 0 saturated heterocycles. The Bertz CT molecular complexity index is 1180. The maximum atomic E-state index is 13.2. The number of nitrogens with zero attached hydrogens (tertiary/aromatic N) is 1. The van der Waals surface area contributed by atoms with Crippen LogP contribution in [0.2, 0.25) is 5.02 Å². The summed E-state index contributed by atoms with van der Waals surface area (Å²) in [6, 6.07) is 22.1. The van der Waals surface area contributed by atoms with Crippen molar-refractivity contribution < 1.29 is 19.1 Å². The fraction of sp³-hybridized carbons (Fsp3) is 0.185. The van der Waals surface area contributed by atoms with Crippen LogP contribution < -0.4 is 19.7 Å². The standard InChI is InChI=1S/C27H25ClN2O4/c28-23-11-5-4-10-22(23)27(32)29-15-14-26(31)30(16-6-9-20-7-2-1-3-8-20)21-12-13-24-25(19-21)34-18-17-33-24/h1-13,19H,14-18H2,(H,29,32)/b9-6+. The fourth-order valence-corrected chi connectivity index (χ4v) is 3.79. The second-order valence-electron chi connectivity index (χ2n) is 7.63. The van der Waals surface area contributed by atoms with Gasteiger partial charge in [-0.15, -0.1) is 0 Å². The number of anilines is 1. The number of amides is 2. The van der Waals surface area contributed by atoms with E-state index in [0.29, 0.717) is 47.5 Å². The molecule has 0 spiro atoms. The van der Waals surface area contributed by atoms with Crippen molar-refractivity contribution >= 4 is 35.2 Å². The van der Waals surface area contributed by atoms with Gasteiger partial charge >= 0.3 is 0 Å². The first kappa shape index (κ1) is 23.4. The van der Waals surface area contributed by atoms with Crippen LogP contribution in [-0.2, 0) is 4.79 Å². The van der Waals surface area contributed by atoms with E-state index in [1.165, 1.54) is 0 Å². The number of nitrogens with one attached hydrogen (secondary N) is 1. The van der Waals surface area contributed by atoms with Gasteiger partial charge in [-0.3, -0.25) is 9.59 Å². The molecule has 34 heavy (non-hydrogen) atoms. The first-order chi connectivity index (χ1) is 16.6. The lowest BCUT2D eigenvalue weighted by molar-refractivity contribution is -0.118. The van der Waals surface area contributed by atoms with Gasteiger partial charge in [0.25, 0.3) is 5.91 Å². The molecule has 0 aromatic heterocycles. The zero-order chi connectivity index (χ0) is 23.8. The van der Waals surface area contributed by atoms with Crippen LogP contribution in [-0.4, -0.2) is 38.1 Å². The SMILES string of the molecule is O=C(NCCC(=O)N(C/C=C/c1ccccc1)c1ccc2c(c1)OCCO2)c1ccccc1Cl. The minimum Gasteiger partial charge on any atom is -0.486 e. The van der Waals surface area contributed by atoms with Crippen molar-refractivity contribution in [1.82, 2.24) is 5.32 Å². The van der Waals surface area contributed by atoms with Gasteiger partial charge in [0.1, 0.15) is 13.2 Å². The summed E-state index contributed by atoms with van der Waals surface area (Å²) in [6.07, 6.45) is 4.04. The fourth-order valence-electron chi connectivity index (χ4n) is 3.57. The Balaban J connectivity index is 1.45. The second-order valence-corrected chi connectivity index (χ2v) is 8.04. The van der Waals surface area contributed by atoms with Crippen LogP contribution in [0.4, 0.5) is 5.69 Å². The predicted molar refractivity (Wildman–Crippen MR) is 134 cm³/mol. The van der Waals surface area contributed by atoms with Crippen LogP contribution >= 0.6 is 11.6 Å². The lowest BCUT2D eigenvalue weighted by Crippen LogP contribution is -2.35. The largest absolute Gasteiger partial charge is 0.486 e. The molecular formula is C27H25ClN2O4. The zero-order valence-electron chi connectivity index (χ0n) is 18.6. The smallest absolute Gasteiger partial charge is 0.252 e. The van der Waals surface area contributed by atoms with Crippen LogP contribution in [0.3, 0.4) is 0 Å². The highest BCUT2D eigenvalue weighted by Gasteiger charge is 2.19. The number of benzene rings is 3. The highest BCUT2D eigenvalue weighted by Crippen LogP contribution is 2.34. The van der Waals surface area contributed by atoms with E-state index in [-0.39, 0.29) is 24.8 Å². The first-order valence-corrected chi connectivity index (χ1v) is 11.4. The maximum Gasteiger partial charge on any atom is 0.252 e. The molecule has 0 saturated carbocycles. The number of halogens is 1. The van der Waals surface area contributed by atoms with Gasteiger partial charge < -0.3 is 19.7 Å². The molecule has 1 aliphatic rings. The monoisotopic (exact) mass is 476 g/mol. The molecule has 6 nitrogen and oxygen atoms in total. The van der Waals surface area contributed by atoms with Gasteiger partial charge in [-0.1, -0.05) is 66.2 Å². The molecule has 0 fully saturated rings. The quantitative estimate of drug-likeness (QED) is 0.498. The zero-order valence-corrected chi connectivity index (χ0v) is 19.3. The maximum absolute atomic E-state index is 13.2. The minimum absolute atomic E-state index is 0.129. The molecule has 174 valence electrons. The Hall–Kier alpha value is -3.77. The van der Waals surface area contributed by atoms with Gasteiger partial charge in [-0.05, 0) is 29.8 Å². The van der Waals surface area contributed by atoms with E-state index in [2.05, 4.69) is 5.32 Å². The third kappa shape index (κ3) is 5.97. The summed E-state index contributed by atoms with van der Waals surface area (Å²) in [5.74, 6) is 0.831. The van der Waals surface area contributed by atoms with Crippen molar-refractivity contribution in [2.75, 3.05) is 31.2 Å². The summed E-state index contributed by atoms with van der Waals surface area (Å²) < 4.78 is 11.3. The van der Waals surface area contributed by atoms with Crippen molar-refractivity contribution in [3.63, 3.8) is 0 Å². The summed E-state index contributed by atoms with van der Waals surface area (Å²) in [6.45, 7) is 1.52. The van der Waals surface area contributed by atoms with E-state index in [1.807, 2.05) is 60.7 Å². The van der Waals surface area contributed by atoms with Gasteiger partial charge in [0, 0.05) is 31.3 Å². The topological polar surface area (TPSA) is 67.9 Å². The highest BCUT2D eigenvalue weighted by atomic mass is 35.5. The number of fused-ring (bicyclic) bond motifs is 1. The molecule has 0 unspecified atom stereocenters. The Morgan fingerprint density at radius 3 is 2.47 bits per heavy atom. The third-order valence-electron chi connectivity index (χ3n) is 5.28. The number of hydrogen-bond acceptors (Lipinski definition) is 4. The number of rotatable bonds is 8. The number of hydrogen-bond donors (Lipinski definition) is 1. The Kier molecular flexibility index (Phi) is 7.83. The van der Waals surface area contributed by atoms with Gasteiger partial charge in [0.15, 0.2) is 11.5 Å². The lowest BCUT2D eigenvalue weighted by Gasteiger charge is -2.24. The minimum atomic E-state index is -0.312. The average molecular weight is 477 g/mol. The molecule has 3 aromatic carbocycles. The lowest BCUT2D eigenvalue weighted by atomic mass is 10.2. The van der Waals surface area contributed by atoms with Crippen molar-refractivity contribution in [3.05, 3.63) is 95.0 Å². The number of carbonyl (C=O) groups is 2. The molecule has 1 aliphatic heterocycles. The molecule has 1 heterocycles. The van der Waals surface area contributed by atoms with Crippen molar-refractivity contribution in [1.29, 1.82) is 0 Å². The van der Waals surface area contributed by atoms with Gasteiger partial charge in [0.2, 0.25) is 5.91 Å². The summed E-state index contributed by atoms with van der Waals surface area (Å²) in [4.78, 5) is 27.3. The van der Waals surface area contributed by atoms with Crippen molar-refractivity contribution in [3.8, 4) is 11.5 Å². The van der Waals surface area contributed by atoms with E-state index in [1.54, 1.807) is 29.2 Å². The molecule has 1 N–H and O–H groups in total. The number of ether oxygens (including phenoxy) is 2. The van der Waals surface area contributed by atoms with Crippen LogP contribution in [0.5, 0.6) is 11.5 Å².